The van der Waals surface area contributed by atoms with Crippen LogP contribution in [0.4, 0.5) is 5.69 Å². The Bertz CT molecular complexity index is 839. The van der Waals surface area contributed by atoms with Crippen LogP contribution in [0.15, 0.2) is 47.5 Å². The number of benzene rings is 2. The summed E-state index contributed by atoms with van der Waals surface area (Å²) in [5, 5.41) is 13.5. The van der Waals surface area contributed by atoms with Crippen LogP contribution < -0.4 is 19.7 Å². The van der Waals surface area contributed by atoms with E-state index >= 15 is 0 Å². The topological polar surface area (TPSA) is 69.6 Å². The van der Waals surface area contributed by atoms with Crippen molar-refractivity contribution in [3.8, 4) is 17.2 Å². The van der Waals surface area contributed by atoms with Crippen molar-refractivity contribution >= 4 is 35.6 Å². The quantitative estimate of drug-likeness (QED) is 0.342. The number of piperazine rings is 1. The predicted molar refractivity (Wildman–Crippen MR) is 132 cm³/mol. The van der Waals surface area contributed by atoms with Gasteiger partial charge in [0.2, 0.25) is 0 Å². The fourth-order valence-corrected chi connectivity index (χ4v) is 3.50. The standard InChI is InChI=1S/C22H30N4O3.HI/c1-4-29-20-10-9-17(15-21(20)28-3)16-24-22(23-2)26-13-11-25(12-14-26)18-7-5-6-8-19(18)27;/h5-10,15,27H,4,11-14,16H2,1-3H3,(H,23,24);1H. The Hall–Kier alpha value is -2.36. The highest BCUT2D eigenvalue weighted by molar-refractivity contribution is 14.0. The van der Waals surface area contributed by atoms with E-state index < -0.39 is 0 Å². The molecule has 2 aromatic carbocycles. The SMILES string of the molecule is CCOc1ccc(CNC(=NC)N2CCN(c3ccccc3O)CC2)cc1OC.I. The van der Waals surface area contributed by atoms with Gasteiger partial charge in [0.05, 0.1) is 19.4 Å². The minimum absolute atomic E-state index is 0. The van der Waals surface area contributed by atoms with Gasteiger partial charge in [0, 0.05) is 39.8 Å². The van der Waals surface area contributed by atoms with Gasteiger partial charge in [-0.2, -0.15) is 0 Å². The molecule has 0 amide bonds. The molecule has 2 aromatic rings. The van der Waals surface area contributed by atoms with Gasteiger partial charge in [0.15, 0.2) is 17.5 Å². The van der Waals surface area contributed by atoms with Crippen LogP contribution >= 0.6 is 24.0 Å². The minimum atomic E-state index is 0. The van der Waals surface area contributed by atoms with Crippen molar-refractivity contribution in [2.75, 3.05) is 51.8 Å². The Balaban J connectivity index is 0.00000320. The number of hydrogen-bond donors (Lipinski definition) is 2. The number of guanidine groups is 1. The van der Waals surface area contributed by atoms with Gasteiger partial charge in [0.25, 0.3) is 0 Å². The average Bonchev–Trinajstić information content (AvgIpc) is 2.76. The second-order valence-electron chi connectivity index (χ2n) is 6.78. The Kier molecular flexibility index (Phi) is 9.35. The number of nitrogens with zero attached hydrogens (tertiary/aromatic N) is 3. The Labute approximate surface area is 195 Å². The summed E-state index contributed by atoms with van der Waals surface area (Å²) in [6.07, 6.45) is 0. The molecule has 0 unspecified atom stereocenters. The zero-order valence-corrected chi connectivity index (χ0v) is 20.1. The molecule has 3 rings (SSSR count). The molecule has 1 saturated heterocycles. The molecule has 1 fully saturated rings. The Morgan fingerprint density at radius 1 is 1.10 bits per heavy atom. The second-order valence-corrected chi connectivity index (χ2v) is 6.78. The van der Waals surface area contributed by atoms with Gasteiger partial charge in [-0.15, -0.1) is 24.0 Å². The van der Waals surface area contributed by atoms with E-state index in [9.17, 15) is 5.11 Å². The first kappa shape index (κ1) is 23.9. The number of methoxy groups -OCH3 is 1. The highest BCUT2D eigenvalue weighted by Gasteiger charge is 2.21. The van der Waals surface area contributed by atoms with E-state index in [1.54, 1.807) is 20.2 Å². The number of hydrogen-bond acceptors (Lipinski definition) is 5. The molecule has 0 radical (unpaired) electrons. The lowest BCUT2D eigenvalue weighted by Crippen LogP contribution is -2.52. The van der Waals surface area contributed by atoms with Crippen LogP contribution in [0.3, 0.4) is 0 Å². The fraction of sp³-hybridized carbons (Fsp3) is 0.409. The minimum Gasteiger partial charge on any atom is -0.506 e. The highest BCUT2D eigenvalue weighted by Crippen LogP contribution is 2.28. The van der Waals surface area contributed by atoms with Crippen LogP contribution in [0.5, 0.6) is 17.2 Å². The lowest BCUT2D eigenvalue weighted by molar-refractivity contribution is 0.310. The first-order valence-corrected chi connectivity index (χ1v) is 9.94. The van der Waals surface area contributed by atoms with Crippen molar-refractivity contribution < 1.29 is 14.6 Å². The van der Waals surface area contributed by atoms with Crippen molar-refractivity contribution in [2.24, 2.45) is 4.99 Å². The normalized spacial score (nSPS) is 14.2. The van der Waals surface area contributed by atoms with E-state index in [1.165, 1.54) is 0 Å². The van der Waals surface area contributed by atoms with Crippen LogP contribution in [0.1, 0.15) is 12.5 Å². The number of aliphatic imine (C=N–C) groups is 1. The Morgan fingerprint density at radius 3 is 2.47 bits per heavy atom. The lowest BCUT2D eigenvalue weighted by Gasteiger charge is -2.37. The van der Waals surface area contributed by atoms with E-state index in [0.29, 0.717) is 18.9 Å². The number of para-hydroxylation sites is 2. The van der Waals surface area contributed by atoms with Gasteiger partial charge >= 0.3 is 0 Å². The molecule has 0 aromatic heterocycles. The number of nitrogens with one attached hydrogen (secondary N) is 1. The number of ether oxygens (including phenoxy) is 2. The molecule has 1 aliphatic heterocycles. The maximum atomic E-state index is 10.1. The fourth-order valence-electron chi connectivity index (χ4n) is 3.50. The van der Waals surface area contributed by atoms with Gasteiger partial charge < -0.3 is 29.7 Å². The molecule has 164 valence electrons. The van der Waals surface area contributed by atoms with Crippen molar-refractivity contribution in [1.82, 2.24) is 10.2 Å². The van der Waals surface area contributed by atoms with Gasteiger partial charge in [-0.1, -0.05) is 18.2 Å². The van der Waals surface area contributed by atoms with Gasteiger partial charge in [-0.05, 0) is 36.8 Å². The number of rotatable bonds is 6. The first-order valence-electron chi connectivity index (χ1n) is 9.94. The van der Waals surface area contributed by atoms with Gasteiger partial charge in [-0.25, -0.2) is 0 Å². The molecule has 0 aliphatic carbocycles. The molecule has 0 bridgehead atoms. The zero-order chi connectivity index (χ0) is 20.6. The zero-order valence-electron chi connectivity index (χ0n) is 17.8. The summed E-state index contributed by atoms with van der Waals surface area (Å²) < 4.78 is 11.0. The molecule has 8 heteroatoms. The second kappa shape index (κ2) is 11.7. The van der Waals surface area contributed by atoms with Crippen LogP contribution in [0, 0.1) is 0 Å². The summed E-state index contributed by atoms with van der Waals surface area (Å²) in [5.74, 6) is 2.68. The smallest absolute Gasteiger partial charge is 0.194 e. The van der Waals surface area contributed by atoms with Gasteiger partial charge in [0.1, 0.15) is 5.75 Å². The third kappa shape index (κ3) is 5.84. The molecule has 1 aliphatic rings. The summed E-state index contributed by atoms with van der Waals surface area (Å²) in [7, 11) is 3.45. The van der Waals surface area contributed by atoms with Crippen LogP contribution in [0.25, 0.3) is 0 Å². The van der Waals surface area contributed by atoms with Crippen LogP contribution in [-0.2, 0) is 6.54 Å². The van der Waals surface area contributed by atoms with Crippen molar-refractivity contribution in [3.63, 3.8) is 0 Å². The van der Waals surface area contributed by atoms with Crippen LogP contribution in [-0.4, -0.2) is 62.9 Å². The maximum absolute atomic E-state index is 10.1. The summed E-state index contributed by atoms with van der Waals surface area (Å²) in [5.41, 5.74) is 1.98. The molecule has 1 heterocycles. The van der Waals surface area contributed by atoms with E-state index in [2.05, 4.69) is 20.1 Å². The van der Waals surface area contributed by atoms with E-state index in [0.717, 1.165) is 54.9 Å². The molecular weight excluding hydrogens is 495 g/mol. The largest absolute Gasteiger partial charge is 0.506 e. The van der Waals surface area contributed by atoms with Crippen molar-refractivity contribution in [1.29, 1.82) is 0 Å². The number of anilines is 1. The number of halogens is 1. The molecule has 7 nitrogen and oxygen atoms in total. The molecular formula is C22H31IN4O3. The molecule has 30 heavy (non-hydrogen) atoms. The van der Waals surface area contributed by atoms with Crippen molar-refractivity contribution in [3.05, 3.63) is 48.0 Å². The molecule has 2 N–H and O–H groups in total. The molecule has 0 saturated carbocycles. The summed E-state index contributed by atoms with van der Waals surface area (Å²) in [6.45, 7) is 6.53. The van der Waals surface area contributed by atoms with E-state index in [4.69, 9.17) is 9.47 Å². The number of aromatic hydroxyl groups is 1. The van der Waals surface area contributed by atoms with Crippen molar-refractivity contribution in [2.45, 2.75) is 13.5 Å². The lowest BCUT2D eigenvalue weighted by atomic mass is 10.2. The van der Waals surface area contributed by atoms with Crippen LogP contribution in [0.2, 0.25) is 0 Å². The monoisotopic (exact) mass is 526 g/mol. The third-order valence-corrected chi connectivity index (χ3v) is 4.99. The molecule has 0 spiro atoms. The number of phenolic OH excluding ortho intramolecular Hbond substituents is 1. The summed E-state index contributed by atoms with van der Waals surface area (Å²) in [4.78, 5) is 8.88. The maximum Gasteiger partial charge on any atom is 0.194 e. The number of phenols is 1. The first-order chi connectivity index (χ1) is 14.2. The Morgan fingerprint density at radius 2 is 1.83 bits per heavy atom. The molecule has 0 atom stereocenters. The average molecular weight is 526 g/mol. The predicted octanol–water partition coefficient (Wildman–Crippen LogP) is 3.32. The van der Waals surface area contributed by atoms with E-state index in [-0.39, 0.29) is 24.0 Å². The highest BCUT2D eigenvalue weighted by atomic mass is 127. The van der Waals surface area contributed by atoms with Gasteiger partial charge in [-0.3, -0.25) is 4.99 Å². The third-order valence-electron chi connectivity index (χ3n) is 4.99. The summed E-state index contributed by atoms with van der Waals surface area (Å²) >= 11 is 0. The van der Waals surface area contributed by atoms with E-state index in [1.807, 2.05) is 43.3 Å². The summed E-state index contributed by atoms with van der Waals surface area (Å²) in [6, 6.07) is 13.4.